The molecule has 0 saturated heterocycles. The zero-order valence-electron chi connectivity index (χ0n) is 11.2. The summed E-state index contributed by atoms with van der Waals surface area (Å²) in [5, 5.41) is 4.78. The third kappa shape index (κ3) is 2.98. The highest BCUT2D eigenvalue weighted by atomic mass is 79.9. The van der Waals surface area contributed by atoms with E-state index in [9.17, 15) is 0 Å². The van der Waals surface area contributed by atoms with Crippen LogP contribution >= 0.6 is 15.9 Å². The molecule has 2 nitrogen and oxygen atoms in total. The molecular weight excluding hydrogens is 300 g/mol. The largest absolute Gasteiger partial charge is 0.309 e. The van der Waals surface area contributed by atoms with Gasteiger partial charge in [0.05, 0.1) is 17.3 Å². The lowest BCUT2D eigenvalue weighted by molar-refractivity contribution is 0.476. The Bertz CT molecular complexity index is 578. The van der Waals surface area contributed by atoms with E-state index < -0.39 is 0 Å². The fourth-order valence-electron chi connectivity index (χ4n) is 2.57. The topological polar surface area (TPSA) is 24.9 Å². The van der Waals surface area contributed by atoms with E-state index >= 15 is 0 Å². The van der Waals surface area contributed by atoms with Gasteiger partial charge in [-0.25, -0.2) is 4.98 Å². The maximum Gasteiger partial charge on any atom is 0.0722 e. The molecule has 1 fully saturated rings. The predicted molar refractivity (Wildman–Crippen MR) is 83.2 cm³/mol. The van der Waals surface area contributed by atoms with Crippen LogP contribution in [0, 0.1) is 5.92 Å². The summed E-state index contributed by atoms with van der Waals surface area (Å²) in [5.74, 6) is 0.893. The molecule has 1 atom stereocenters. The minimum atomic E-state index is 0.372. The summed E-state index contributed by atoms with van der Waals surface area (Å²) in [6.07, 6.45) is 3.97. The van der Waals surface area contributed by atoms with Gasteiger partial charge in [0.25, 0.3) is 0 Å². The first-order valence-corrected chi connectivity index (χ1v) is 7.85. The Morgan fingerprint density at radius 1 is 1.37 bits per heavy atom. The molecule has 0 aliphatic heterocycles. The van der Waals surface area contributed by atoms with Gasteiger partial charge in [0.1, 0.15) is 0 Å². The Morgan fingerprint density at radius 2 is 2.16 bits per heavy atom. The van der Waals surface area contributed by atoms with Gasteiger partial charge in [0.2, 0.25) is 0 Å². The van der Waals surface area contributed by atoms with Crippen molar-refractivity contribution >= 4 is 26.8 Å². The summed E-state index contributed by atoms with van der Waals surface area (Å²) in [6.45, 7) is 3.15. The summed E-state index contributed by atoms with van der Waals surface area (Å²) in [5.41, 5.74) is 2.24. The van der Waals surface area contributed by atoms with Crippen LogP contribution in [0.25, 0.3) is 10.9 Å². The Kier molecular flexibility index (Phi) is 3.85. The fraction of sp³-hybridized carbons (Fsp3) is 0.438. The van der Waals surface area contributed by atoms with E-state index in [0.29, 0.717) is 6.04 Å². The van der Waals surface area contributed by atoms with Crippen LogP contribution in [0.4, 0.5) is 0 Å². The Labute approximate surface area is 122 Å². The second kappa shape index (κ2) is 5.59. The molecule has 1 aliphatic carbocycles. The molecule has 0 spiro atoms. The standard InChI is InChI=1S/C16H19BrN2/c1-2-18-15(9-11-7-8-11)16-13(17)10-12-5-3-4-6-14(12)19-16/h3-6,10-11,15,18H,2,7-9H2,1H3. The number of halogens is 1. The van der Waals surface area contributed by atoms with Crippen molar-refractivity contribution in [2.24, 2.45) is 5.92 Å². The first kappa shape index (κ1) is 13.1. The van der Waals surface area contributed by atoms with Crippen molar-refractivity contribution in [3.8, 4) is 0 Å². The monoisotopic (exact) mass is 318 g/mol. The van der Waals surface area contributed by atoms with E-state index in [4.69, 9.17) is 4.98 Å². The van der Waals surface area contributed by atoms with Crippen molar-refractivity contribution in [3.63, 3.8) is 0 Å². The van der Waals surface area contributed by atoms with Gasteiger partial charge >= 0.3 is 0 Å². The predicted octanol–water partition coefficient (Wildman–Crippen LogP) is 4.45. The summed E-state index contributed by atoms with van der Waals surface area (Å²) >= 11 is 3.70. The van der Waals surface area contributed by atoms with E-state index in [1.807, 2.05) is 0 Å². The molecule has 1 unspecified atom stereocenters. The maximum atomic E-state index is 4.87. The molecule has 1 aliphatic rings. The van der Waals surface area contributed by atoms with Crippen LogP contribution in [0.15, 0.2) is 34.8 Å². The average molecular weight is 319 g/mol. The van der Waals surface area contributed by atoms with Crippen molar-refractivity contribution in [3.05, 3.63) is 40.5 Å². The first-order valence-electron chi connectivity index (χ1n) is 7.06. The highest BCUT2D eigenvalue weighted by Crippen LogP contribution is 2.39. The highest BCUT2D eigenvalue weighted by molar-refractivity contribution is 9.10. The van der Waals surface area contributed by atoms with E-state index in [2.05, 4.69) is 58.5 Å². The van der Waals surface area contributed by atoms with Gasteiger partial charge in [0, 0.05) is 9.86 Å². The lowest BCUT2D eigenvalue weighted by atomic mass is 10.0. The number of para-hydroxylation sites is 1. The van der Waals surface area contributed by atoms with Crippen molar-refractivity contribution in [2.45, 2.75) is 32.2 Å². The zero-order chi connectivity index (χ0) is 13.2. The molecule has 1 aromatic heterocycles. The smallest absolute Gasteiger partial charge is 0.0722 e. The number of nitrogens with zero attached hydrogens (tertiary/aromatic N) is 1. The van der Waals surface area contributed by atoms with Gasteiger partial charge in [-0.15, -0.1) is 0 Å². The lowest BCUT2D eigenvalue weighted by Gasteiger charge is -2.19. The van der Waals surface area contributed by atoms with Crippen LogP contribution in [0.2, 0.25) is 0 Å². The highest BCUT2D eigenvalue weighted by Gasteiger charge is 2.27. The SMILES string of the molecule is CCNC(CC1CC1)c1nc2ccccc2cc1Br. The van der Waals surface area contributed by atoms with Crippen molar-refractivity contribution < 1.29 is 0 Å². The summed E-state index contributed by atoms with van der Waals surface area (Å²) in [6, 6.07) is 10.9. The number of nitrogens with one attached hydrogen (secondary N) is 1. The molecule has 1 saturated carbocycles. The van der Waals surface area contributed by atoms with Gasteiger partial charge in [-0.05, 0) is 46.9 Å². The molecule has 1 heterocycles. The van der Waals surface area contributed by atoms with E-state index in [0.717, 1.165) is 28.1 Å². The number of hydrogen-bond acceptors (Lipinski definition) is 2. The molecule has 100 valence electrons. The van der Waals surface area contributed by atoms with Gasteiger partial charge < -0.3 is 5.32 Å². The number of rotatable bonds is 5. The van der Waals surface area contributed by atoms with Gasteiger partial charge in [0.15, 0.2) is 0 Å². The third-order valence-corrected chi connectivity index (χ3v) is 4.39. The maximum absolute atomic E-state index is 4.87. The minimum absolute atomic E-state index is 0.372. The third-order valence-electron chi connectivity index (χ3n) is 3.75. The quantitative estimate of drug-likeness (QED) is 0.881. The zero-order valence-corrected chi connectivity index (χ0v) is 12.8. The van der Waals surface area contributed by atoms with Crippen LogP contribution in [-0.2, 0) is 0 Å². The number of hydrogen-bond donors (Lipinski definition) is 1. The van der Waals surface area contributed by atoms with Crippen LogP contribution < -0.4 is 5.32 Å². The number of benzene rings is 1. The molecule has 2 aromatic rings. The van der Waals surface area contributed by atoms with Crippen LogP contribution in [0.1, 0.15) is 37.9 Å². The van der Waals surface area contributed by atoms with E-state index in [-0.39, 0.29) is 0 Å². The molecule has 19 heavy (non-hydrogen) atoms. The molecule has 0 radical (unpaired) electrons. The van der Waals surface area contributed by atoms with Crippen LogP contribution in [0.3, 0.4) is 0 Å². The van der Waals surface area contributed by atoms with E-state index in [1.165, 1.54) is 24.6 Å². The van der Waals surface area contributed by atoms with Gasteiger partial charge in [-0.3, -0.25) is 0 Å². The van der Waals surface area contributed by atoms with Crippen molar-refractivity contribution in [2.75, 3.05) is 6.54 Å². The molecular formula is C16H19BrN2. The second-order valence-corrected chi connectivity index (χ2v) is 6.19. The van der Waals surface area contributed by atoms with Gasteiger partial charge in [-0.1, -0.05) is 38.0 Å². The lowest BCUT2D eigenvalue weighted by Crippen LogP contribution is -2.23. The summed E-state index contributed by atoms with van der Waals surface area (Å²) in [7, 11) is 0. The molecule has 1 N–H and O–H groups in total. The van der Waals surface area contributed by atoms with Crippen LogP contribution in [-0.4, -0.2) is 11.5 Å². The Balaban J connectivity index is 1.97. The van der Waals surface area contributed by atoms with Crippen molar-refractivity contribution in [1.82, 2.24) is 10.3 Å². The average Bonchev–Trinajstić information content (AvgIpc) is 3.21. The molecule has 3 rings (SSSR count). The molecule has 3 heteroatoms. The number of pyridine rings is 1. The normalized spacial score (nSPS) is 16.7. The number of fused-ring (bicyclic) bond motifs is 1. The summed E-state index contributed by atoms with van der Waals surface area (Å²) < 4.78 is 1.12. The molecule has 0 amide bonds. The minimum Gasteiger partial charge on any atom is -0.309 e. The van der Waals surface area contributed by atoms with Crippen molar-refractivity contribution in [1.29, 1.82) is 0 Å². The second-order valence-electron chi connectivity index (χ2n) is 5.34. The summed E-state index contributed by atoms with van der Waals surface area (Å²) in [4.78, 5) is 4.87. The van der Waals surface area contributed by atoms with Crippen LogP contribution in [0.5, 0.6) is 0 Å². The Hall–Kier alpha value is -0.930. The number of aromatic nitrogens is 1. The molecule has 0 bridgehead atoms. The fourth-order valence-corrected chi connectivity index (χ4v) is 3.19. The first-order chi connectivity index (χ1) is 9.28. The van der Waals surface area contributed by atoms with E-state index in [1.54, 1.807) is 0 Å². The molecule has 1 aromatic carbocycles. The van der Waals surface area contributed by atoms with Gasteiger partial charge in [-0.2, -0.15) is 0 Å². The Morgan fingerprint density at radius 3 is 2.89 bits per heavy atom.